The van der Waals surface area contributed by atoms with Crippen LogP contribution in [0.5, 0.6) is 0 Å². The van der Waals surface area contributed by atoms with Gasteiger partial charge in [-0.05, 0) is 46.3 Å². The molecule has 2 rings (SSSR count). The first-order valence-corrected chi connectivity index (χ1v) is 6.53. The third-order valence-electron chi connectivity index (χ3n) is 3.40. The van der Waals surface area contributed by atoms with Gasteiger partial charge >= 0.3 is 5.97 Å². The fraction of sp³-hybridized carbons (Fsp3) is 0.462. The highest BCUT2D eigenvalue weighted by molar-refractivity contribution is 9.10. The molecule has 2 unspecified atom stereocenters. The number of nitrogens with zero attached hydrogens (tertiary/aromatic N) is 1. The minimum atomic E-state index is -0.886. The third-order valence-corrected chi connectivity index (χ3v) is 4.06. The van der Waals surface area contributed by atoms with Crippen molar-refractivity contribution in [2.75, 3.05) is 18.5 Å². The van der Waals surface area contributed by atoms with Gasteiger partial charge in [0, 0.05) is 18.1 Å². The Bertz CT molecular complexity index is 447. The number of benzene rings is 1. The number of carbonyl (C=O) groups is 1. The summed E-state index contributed by atoms with van der Waals surface area (Å²) in [5.41, 5.74) is 1.13. The highest BCUT2D eigenvalue weighted by Crippen LogP contribution is 2.39. The lowest BCUT2D eigenvalue weighted by Crippen LogP contribution is -2.23. The van der Waals surface area contributed by atoms with Crippen molar-refractivity contribution in [2.24, 2.45) is 11.8 Å². The van der Waals surface area contributed by atoms with E-state index in [0.717, 1.165) is 18.2 Å². The summed E-state index contributed by atoms with van der Waals surface area (Å²) in [5.74, 6) is 0.599. The number of carboxylic acids is 1. The van der Waals surface area contributed by atoms with Crippen LogP contribution in [0.4, 0.5) is 5.69 Å². The van der Waals surface area contributed by atoms with E-state index in [-0.39, 0.29) is 0 Å². The number of rotatable bonds is 4. The predicted octanol–water partition coefficient (Wildman–Crippen LogP) is 3.24. The average Bonchev–Trinajstić information content (AvgIpc) is 2.93. The van der Waals surface area contributed by atoms with Crippen molar-refractivity contribution in [3.8, 4) is 0 Å². The molecule has 1 fully saturated rings. The highest BCUT2D eigenvalue weighted by atomic mass is 79.9. The maximum Gasteiger partial charge on any atom is 0.338 e. The summed E-state index contributed by atoms with van der Waals surface area (Å²) >= 11 is 3.30. The smallest absolute Gasteiger partial charge is 0.338 e. The monoisotopic (exact) mass is 297 g/mol. The van der Waals surface area contributed by atoms with Crippen molar-refractivity contribution in [3.63, 3.8) is 0 Å². The summed E-state index contributed by atoms with van der Waals surface area (Å²) in [6, 6.07) is 5.50. The molecule has 1 aliphatic carbocycles. The topological polar surface area (TPSA) is 40.5 Å². The molecule has 0 amide bonds. The zero-order valence-corrected chi connectivity index (χ0v) is 11.6. The van der Waals surface area contributed by atoms with Crippen molar-refractivity contribution in [1.29, 1.82) is 0 Å². The van der Waals surface area contributed by atoms with E-state index < -0.39 is 5.97 Å². The third kappa shape index (κ3) is 2.63. The second-order valence-electron chi connectivity index (χ2n) is 4.79. The number of halogens is 1. The van der Waals surface area contributed by atoms with E-state index >= 15 is 0 Å². The van der Waals surface area contributed by atoms with Crippen LogP contribution >= 0.6 is 15.9 Å². The molecule has 1 aromatic carbocycles. The molecule has 1 aliphatic rings. The number of hydrogen-bond acceptors (Lipinski definition) is 2. The van der Waals surface area contributed by atoms with Crippen LogP contribution < -0.4 is 4.90 Å². The van der Waals surface area contributed by atoms with Crippen molar-refractivity contribution < 1.29 is 9.90 Å². The fourth-order valence-electron chi connectivity index (χ4n) is 2.15. The first kappa shape index (κ1) is 12.4. The normalized spacial score (nSPS) is 22.3. The molecule has 17 heavy (non-hydrogen) atoms. The predicted molar refractivity (Wildman–Crippen MR) is 71.6 cm³/mol. The second kappa shape index (κ2) is 4.69. The van der Waals surface area contributed by atoms with Gasteiger partial charge in [-0.1, -0.05) is 13.0 Å². The molecule has 0 heterocycles. The summed E-state index contributed by atoms with van der Waals surface area (Å²) in [5, 5.41) is 9.24. The lowest BCUT2D eigenvalue weighted by molar-refractivity contribution is 0.0696. The standard InChI is InChI=1S/C13H16BrNO2/c1-8-6-9(8)7-15(2)11-5-3-4-10(14)12(11)13(16)17/h3-5,8-9H,6-7H2,1-2H3,(H,16,17). The van der Waals surface area contributed by atoms with E-state index in [2.05, 4.69) is 22.9 Å². The van der Waals surface area contributed by atoms with Gasteiger partial charge < -0.3 is 10.0 Å². The molecule has 4 heteroatoms. The molecule has 0 saturated heterocycles. The minimum absolute atomic E-state index is 0.350. The SMILES string of the molecule is CC1CC1CN(C)c1cccc(Br)c1C(=O)O. The Balaban J connectivity index is 2.24. The van der Waals surface area contributed by atoms with E-state index in [9.17, 15) is 9.90 Å². The largest absolute Gasteiger partial charge is 0.478 e. The Labute approximate surface area is 110 Å². The molecule has 1 saturated carbocycles. The highest BCUT2D eigenvalue weighted by Gasteiger charge is 2.33. The quantitative estimate of drug-likeness (QED) is 0.927. The second-order valence-corrected chi connectivity index (χ2v) is 5.65. The van der Waals surface area contributed by atoms with E-state index in [4.69, 9.17) is 0 Å². The van der Waals surface area contributed by atoms with Gasteiger partial charge in [0.2, 0.25) is 0 Å². The molecule has 0 bridgehead atoms. The molecule has 2 atom stereocenters. The van der Waals surface area contributed by atoms with Crippen molar-refractivity contribution in [1.82, 2.24) is 0 Å². The van der Waals surface area contributed by atoms with Gasteiger partial charge in [-0.15, -0.1) is 0 Å². The van der Waals surface area contributed by atoms with Gasteiger partial charge in [0.05, 0.1) is 11.3 Å². The maximum atomic E-state index is 11.3. The fourth-order valence-corrected chi connectivity index (χ4v) is 2.67. The Morgan fingerprint density at radius 3 is 2.76 bits per heavy atom. The van der Waals surface area contributed by atoms with Crippen LogP contribution in [0.2, 0.25) is 0 Å². The van der Waals surface area contributed by atoms with Crippen LogP contribution in [0.1, 0.15) is 23.7 Å². The summed E-state index contributed by atoms with van der Waals surface area (Å²) in [7, 11) is 1.96. The van der Waals surface area contributed by atoms with Crippen molar-refractivity contribution >= 4 is 27.6 Å². The maximum absolute atomic E-state index is 11.3. The number of hydrogen-bond donors (Lipinski definition) is 1. The molecule has 1 aromatic rings. The molecule has 92 valence electrons. The van der Waals surface area contributed by atoms with Crippen LogP contribution in [0, 0.1) is 11.8 Å². The van der Waals surface area contributed by atoms with Crippen molar-refractivity contribution in [2.45, 2.75) is 13.3 Å². The Hall–Kier alpha value is -1.03. The Kier molecular flexibility index (Phi) is 3.43. The first-order chi connectivity index (χ1) is 8.00. The van der Waals surface area contributed by atoms with E-state index in [1.165, 1.54) is 6.42 Å². The van der Waals surface area contributed by atoms with Gasteiger partial charge in [-0.2, -0.15) is 0 Å². The lowest BCUT2D eigenvalue weighted by Gasteiger charge is -2.21. The summed E-state index contributed by atoms with van der Waals surface area (Å²) < 4.78 is 0.637. The molecule has 0 aliphatic heterocycles. The average molecular weight is 298 g/mol. The lowest BCUT2D eigenvalue weighted by atomic mass is 10.1. The van der Waals surface area contributed by atoms with Crippen LogP contribution in [0.3, 0.4) is 0 Å². The van der Waals surface area contributed by atoms with E-state index in [1.807, 2.05) is 24.1 Å². The molecule has 3 nitrogen and oxygen atoms in total. The van der Waals surface area contributed by atoms with Crippen LogP contribution in [0.15, 0.2) is 22.7 Å². The van der Waals surface area contributed by atoms with Crippen LogP contribution in [-0.2, 0) is 0 Å². The van der Waals surface area contributed by atoms with E-state index in [0.29, 0.717) is 16.0 Å². The molecule has 0 spiro atoms. The number of aromatic carboxylic acids is 1. The molecular formula is C13H16BrNO2. The Morgan fingerprint density at radius 2 is 2.24 bits per heavy atom. The van der Waals surface area contributed by atoms with Gasteiger partial charge in [0.1, 0.15) is 0 Å². The van der Waals surface area contributed by atoms with Gasteiger partial charge in [0.15, 0.2) is 0 Å². The van der Waals surface area contributed by atoms with Crippen molar-refractivity contribution in [3.05, 3.63) is 28.2 Å². The van der Waals surface area contributed by atoms with E-state index in [1.54, 1.807) is 6.07 Å². The van der Waals surface area contributed by atoms with Crippen LogP contribution in [-0.4, -0.2) is 24.7 Å². The molecular weight excluding hydrogens is 282 g/mol. The number of carboxylic acid groups (broad SMARTS) is 1. The number of anilines is 1. The molecule has 0 aromatic heterocycles. The summed E-state index contributed by atoms with van der Waals surface area (Å²) in [6.07, 6.45) is 1.25. The zero-order chi connectivity index (χ0) is 12.6. The van der Waals surface area contributed by atoms with Gasteiger partial charge in [-0.3, -0.25) is 0 Å². The first-order valence-electron chi connectivity index (χ1n) is 5.73. The molecule has 0 radical (unpaired) electrons. The van der Waals surface area contributed by atoms with Crippen LogP contribution in [0.25, 0.3) is 0 Å². The minimum Gasteiger partial charge on any atom is -0.478 e. The van der Waals surface area contributed by atoms with Gasteiger partial charge in [0.25, 0.3) is 0 Å². The van der Waals surface area contributed by atoms with Gasteiger partial charge in [-0.25, -0.2) is 4.79 Å². The Morgan fingerprint density at radius 1 is 1.59 bits per heavy atom. The summed E-state index contributed by atoms with van der Waals surface area (Å²) in [4.78, 5) is 13.3. The zero-order valence-electron chi connectivity index (χ0n) is 9.98. The summed E-state index contributed by atoms with van der Waals surface area (Å²) in [6.45, 7) is 3.16. The molecule has 1 N–H and O–H groups in total.